The average Bonchev–Trinajstić information content (AvgIpc) is 3.18. The second-order valence-electron chi connectivity index (χ2n) is 6.81. The maximum absolute atomic E-state index is 13.3. The molecule has 156 valence electrons. The molecule has 0 aromatic heterocycles. The maximum Gasteiger partial charge on any atom is 0.417 e. The van der Waals surface area contributed by atoms with Gasteiger partial charge < -0.3 is 5.32 Å². The first-order chi connectivity index (χ1) is 13.6. The molecule has 0 aliphatic carbocycles. The van der Waals surface area contributed by atoms with Crippen LogP contribution in [-0.2, 0) is 27.4 Å². The van der Waals surface area contributed by atoms with Crippen molar-refractivity contribution in [2.45, 2.75) is 43.3 Å². The molecule has 2 aromatic rings. The molecule has 0 unspecified atom stereocenters. The zero-order valence-electron chi connectivity index (χ0n) is 15.7. The number of aryl methyl sites for hydroxylation is 1. The Labute approximate surface area is 167 Å². The maximum atomic E-state index is 13.3. The first kappa shape index (κ1) is 21.3. The molecular formula is C20H21F3N2O3S. The summed E-state index contributed by atoms with van der Waals surface area (Å²) in [6.45, 7) is 1.95. The number of benzene rings is 2. The molecule has 2 aromatic carbocycles. The third-order valence-corrected chi connectivity index (χ3v) is 6.85. The van der Waals surface area contributed by atoms with Crippen molar-refractivity contribution in [3.8, 4) is 0 Å². The summed E-state index contributed by atoms with van der Waals surface area (Å²) in [6.07, 6.45) is -3.42. The van der Waals surface area contributed by atoms with Crippen LogP contribution in [0.25, 0.3) is 0 Å². The molecule has 3 rings (SSSR count). The van der Waals surface area contributed by atoms with E-state index in [1.165, 1.54) is 6.07 Å². The third-order valence-electron chi connectivity index (χ3n) is 4.89. The fraction of sp³-hybridized carbons (Fsp3) is 0.350. The lowest BCUT2D eigenvalue weighted by Gasteiger charge is -2.25. The lowest BCUT2D eigenvalue weighted by atomic mass is 10.1. The fourth-order valence-corrected chi connectivity index (χ4v) is 5.31. The van der Waals surface area contributed by atoms with Crippen molar-refractivity contribution in [1.82, 2.24) is 4.31 Å². The zero-order valence-corrected chi connectivity index (χ0v) is 16.6. The molecule has 1 N–H and O–H groups in total. The highest BCUT2D eigenvalue weighted by Gasteiger charge is 2.44. The van der Waals surface area contributed by atoms with E-state index in [4.69, 9.17) is 0 Å². The van der Waals surface area contributed by atoms with Gasteiger partial charge in [-0.25, -0.2) is 8.42 Å². The van der Waals surface area contributed by atoms with Crippen LogP contribution in [0.5, 0.6) is 0 Å². The van der Waals surface area contributed by atoms with E-state index >= 15 is 0 Å². The molecule has 1 aliphatic heterocycles. The first-order valence-electron chi connectivity index (χ1n) is 9.22. The number of sulfonamides is 1. The molecule has 1 aliphatic rings. The lowest BCUT2D eigenvalue weighted by Crippen LogP contribution is -2.43. The van der Waals surface area contributed by atoms with E-state index in [1.807, 2.05) is 13.0 Å². The number of hydrogen-bond acceptors (Lipinski definition) is 3. The summed E-state index contributed by atoms with van der Waals surface area (Å²) in [6, 6.07) is 10.1. The Balaban J connectivity index is 1.89. The number of hydrogen-bond donors (Lipinski definition) is 1. The van der Waals surface area contributed by atoms with Crippen LogP contribution < -0.4 is 5.32 Å². The van der Waals surface area contributed by atoms with E-state index < -0.39 is 38.6 Å². The van der Waals surface area contributed by atoms with Gasteiger partial charge in [0.2, 0.25) is 15.9 Å². The minimum absolute atomic E-state index is 0.0123. The van der Waals surface area contributed by atoms with Gasteiger partial charge in [-0.2, -0.15) is 17.5 Å². The van der Waals surface area contributed by atoms with Crippen LogP contribution in [0.3, 0.4) is 0 Å². The second kappa shape index (κ2) is 8.16. The monoisotopic (exact) mass is 426 g/mol. The highest BCUT2D eigenvalue weighted by molar-refractivity contribution is 7.89. The summed E-state index contributed by atoms with van der Waals surface area (Å²) >= 11 is 0. The number of anilines is 1. The molecular weight excluding hydrogens is 405 g/mol. The largest absolute Gasteiger partial charge is 0.417 e. The van der Waals surface area contributed by atoms with Crippen molar-refractivity contribution in [2.24, 2.45) is 0 Å². The summed E-state index contributed by atoms with van der Waals surface area (Å²) < 4.78 is 66.9. The number of halogens is 3. The van der Waals surface area contributed by atoms with Crippen molar-refractivity contribution in [3.63, 3.8) is 0 Å². The van der Waals surface area contributed by atoms with Gasteiger partial charge >= 0.3 is 6.18 Å². The Morgan fingerprint density at radius 1 is 1.17 bits per heavy atom. The van der Waals surface area contributed by atoms with Gasteiger partial charge in [0.1, 0.15) is 6.04 Å². The molecule has 0 bridgehead atoms. The number of alkyl halides is 3. The quantitative estimate of drug-likeness (QED) is 0.784. The van der Waals surface area contributed by atoms with E-state index in [-0.39, 0.29) is 13.0 Å². The van der Waals surface area contributed by atoms with Gasteiger partial charge in [-0.05, 0) is 49.1 Å². The second-order valence-corrected chi connectivity index (χ2v) is 8.67. The third kappa shape index (κ3) is 4.45. The Bertz CT molecular complexity index is 1010. The van der Waals surface area contributed by atoms with Gasteiger partial charge in [0.15, 0.2) is 0 Å². The summed E-state index contributed by atoms with van der Waals surface area (Å²) in [5.41, 5.74) is 0.286. The van der Waals surface area contributed by atoms with E-state index in [1.54, 1.807) is 18.2 Å². The van der Waals surface area contributed by atoms with E-state index in [0.29, 0.717) is 12.1 Å². The van der Waals surface area contributed by atoms with Crippen LogP contribution in [0, 0.1) is 0 Å². The molecule has 0 saturated carbocycles. The number of carbonyl (C=O) groups excluding carboxylic acids is 1. The smallest absolute Gasteiger partial charge is 0.325 e. The number of nitrogens with zero attached hydrogens (tertiary/aromatic N) is 1. The van der Waals surface area contributed by atoms with Crippen molar-refractivity contribution in [2.75, 3.05) is 11.9 Å². The standard InChI is InChI=1S/C20H21F3N2O3S/c1-2-14-7-5-8-15(13-14)24-19(26)17-10-6-12-25(17)29(27,28)18-11-4-3-9-16(18)20(21,22)23/h3-5,7-9,11,13,17H,2,6,10,12H2,1H3,(H,24,26)/t17-/m0/s1. The minimum Gasteiger partial charge on any atom is -0.325 e. The molecule has 5 nitrogen and oxygen atoms in total. The topological polar surface area (TPSA) is 66.5 Å². The van der Waals surface area contributed by atoms with Crippen molar-refractivity contribution >= 4 is 21.6 Å². The van der Waals surface area contributed by atoms with Crippen LogP contribution >= 0.6 is 0 Å². The van der Waals surface area contributed by atoms with Crippen LogP contribution in [-0.4, -0.2) is 31.2 Å². The molecule has 0 spiro atoms. The van der Waals surface area contributed by atoms with Gasteiger partial charge in [0, 0.05) is 12.2 Å². The first-order valence-corrected chi connectivity index (χ1v) is 10.7. The number of nitrogens with one attached hydrogen (secondary N) is 1. The van der Waals surface area contributed by atoms with E-state index in [2.05, 4.69) is 5.32 Å². The van der Waals surface area contributed by atoms with Crippen molar-refractivity contribution in [1.29, 1.82) is 0 Å². The Kier molecular flexibility index (Phi) is 6.00. The molecule has 9 heteroatoms. The Morgan fingerprint density at radius 2 is 1.90 bits per heavy atom. The molecule has 29 heavy (non-hydrogen) atoms. The van der Waals surface area contributed by atoms with Crippen molar-refractivity contribution < 1.29 is 26.4 Å². The van der Waals surface area contributed by atoms with Gasteiger partial charge in [-0.3, -0.25) is 4.79 Å². The molecule has 1 fully saturated rings. The SMILES string of the molecule is CCc1cccc(NC(=O)[C@@H]2CCCN2S(=O)(=O)c2ccccc2C(F)(F)F)c1. The predicted octanol–water partition coefficient (Wildman–Crippen LogP) is 4.06. The summed E-state index contributed by atoms with van der Waals surface area (Å²) in [5, 5.41) is 2.69. The molecule has 1 heterocycles. The lowest BCUT2D eigenvalue weighted by molar-refractivity contribution is -0.139. The number of amides is 1. The van der Waals surface area contributed by atoms with Gasteiger partial charge in [-0.15, -0.1) is 0 Å². The zero-order chi connectivity index (χ0) is 21.2. The summed E-state index contributed by atoms with van der Waals surface area (Å²) in [5.74, 6) is -0.552. The highest BCUT2D eigenvalue weighted by atomic mass is 32.2. The van der Waals surface area contributed by atoms with Crippen LogP contribution in [0.4, 0.5) is 18.9 Å². The Hall–Kier alpha value is -2.39. The summed E-state index contributed by atoms with van der Waals surface area (Å²) in [7, 11) is -4.50. The van der Waals surface area contributed by atoms with E-state index in [0.717, 1.165) is 34.5 Å². The van der Waals surface area contributed by atoms with Crippen molar-refractivity contribution in [3.05, 3.63) is 59.7 Å². The van der Waals surface area contributed by atoms with Crippen LogP contribution in [0.2, 0.25) is 0 Å². The van der Waals surface area contributed by atoms with Crippen LogP contribution in [0.1, 0.15) is 30.9 Å². The number of rotatable bonds is 5. The summed E-state index contributed by atoms with van der Waals surface area (Å²) in [4.78, 5) is 11.9. The molecule has 1 saturated heterocycles. The molecule has 1 atom stereocenters. The minimum atomic E-state index is -4.82. The number of carbonyl (C=O) groups is 1. The Morgan fingerprint density at radius 3 is 2.59 bits per heavy atom. The highest BCUT2D eigenvalue weighted by Crippen LogP contribution is 2.37. The molecule has 1 amide bonds. The van der Waals surface area contributed by atoms with Gasteiger partial charge in [0.25, 0.3) is 0 Å². The van der Waals surface area contributed by atoms with Gasteiger partial charge in [-0.1, -0.05) is 31.2 Å². The fourth-order valence-electron chi connectivity index (χ4n) is 3.44. The van der Waals surface area contributed by atoms with E-state index in [9.17, 15) is 26.4 Å². The normalized spacial score (nSPS) is 18.0. The molecule has 0 radical (unpaired) electrons. The van der Waals surface area contributed by atoms with Crippen LogP contribution in [0.15, 0.2) is 53.4 Å². The predicted molar refractivity (Wildman–Crippen MR) is 103 cm³/mol. The average molecular weight is 426 g/mol. The van der Waals surface area contributed by atoms with Gasteiger partial charge in [0.05, 0.1) is 10.5 Å².